The van der Waals surface area contributed by atoms with Crippen molar-refractivity contribution in [1.29, 1.82) is 10.5 Å². The maximum atomic E-state index is 8.96. The van der Waals surface area contributed by atoms with Gasteiger partial charge < -0.3 is 4.57 Å². The minimum Gasteiger partial charge on any atom is -0.317 e. The van der Waals surface area contributed by atoms with Crippen molar-refractivity contribution in [3.8, 4) is 12.1 Å². The molecule has 17 heavy (non-hydrogen) atoms. The van der Waals surface area contributed by atoms with Gasteiger partial charge in [0.15, 0.2) is 11.4 Å². The smallest absolute Gasteiger partial charge is 0.176 e. The highest BCUT2D eigenvalue weighted by Crippen LogP contribution is 2.12. The van der Waals surface area contributed by atoms with Crippen LogP contribution in [0, 0.1) is 22.7 Å². The van der Waals surface area contributed by atoms with E-state index in [0.29, 0.717) is 11.6 Å². The first kappa shape index (κ1) is 11.2. The first-order valence-electron chi connectivity index (χ1n) is 4.84. The van der Waals surface area contributed by atoms with Crippen LogP contribution in [0.3, 0.4) is 0 Å². The van der Waals surface area contributed by atoms with E-state index in [1.54, 1.807) is 16.7 Å². The summed E-state index contributed by atoms with van der Waals surface area (Å²) in [6.07, 6.45) is 1.49. The van der Waals surface area contributed by atoms with Gasteiger partial charge in [0.1, 0.15) is 12.1 Å². The Labute approximate surface area is 103 Å². The molecule has 0 aliphatic heterocycles. The summed E-state index contributed by atoms with van der Waals surface area (Å²) in [5.74, 6) is 0. The summed E-state index contributed by atoms with van der Waals surface area (Å²) < 4.78 is 1.64. The minimum absolute atomic E-state index is 0.154. The largest absolute Gasteiger partial charge is 0.317 e. The fourth-order valence-electron chi connectivity index (χ4n) is 1.49. The Morgan fingerprint density at radius 2 is 1.88 bits per heavy atom. The summed E-state index contributed by atoms with van der Waals surface area (Å²) in [6.45, 7) is 0.495. The quantitative estimate of drug-likeness (QED) is 0.812. The van der Waals surface area contributed by atoms with Crippen LogP contribution in [0.15, 0.2) is 30.6 Å². The van der Waals surface area contributed by atoms with E-state index >= 15 is 0 Å². The average molecular weight is 243 g/mol. The lowest BCUT2D eigenvalue weighted by atomic mass is 10.2. The Morgan fingerprint density at radius 1 is 1.18 bits per heavy atom. The third-order valence-electron chi connectivity index (χ3n) is 2.32. The van der Waals surface area contributed by atoms with Crippen LogP contribution in [0.1, 0.15) is 17.0 Å². The summed E-state index contributed by atoms with van der Waals surface area (Å²) in [5, 5.41) is 18.4. The fourth-order valence-corrected chi connectivity index (χ4v) is 1.61. The molecule has 1 aromatic carbocycles. The second-order valence-corrected chi connectivity index (χ2v) is 3.86. The van der Waals surface area contributed by atoms with Gasteiger partial charge in [-0.25, -0.2) is 4.98 Å². The van der Waals surface area contributed by atoms with Crippen molar-refractivity contribution >= 4 is 11.6 Å². The van der Waals surface area contributed by atoms with Crippen LogP contribution >= 0.6 is 11.6 Å². The first-order chi connectivity index (χ1) is 8.24. The standard InChI is InChI=1S/C12H7ClN4/c13-10-3-1-9(2-4-10)7-17-8-16-11(5-14)12(17)6-15/h1-4,8H,7H2. The van der Waals surface area contributed by atoms with E-state index in [4.69, 9.17) is 22.1 Å². The van der Waals surface area contributed by atoms with Crippen molar-refractivity contribution in [3.63, 3.8) is 0 Å². The van der Waals surface area contributed by atoms with Gasteiger partial charge in [0.25, 0.3) is 0 Å². The number of hydrogen-bond acceptors (Lipinski definition) is 3. The zero-order valence-electron chi connectivity index (χ0n) is 8.76. The Balaban J connectivity index is 2.31. The number of nitrogens with zero attached hydrogens (tertiary/aromatic N) is 4. The molecule has 0 bridgehead atoms. The molecule has 0 saturated carbocycles. The van der Waals surface area contributed by atoms with E-state index in [1.807, 2.05) is 24.3 Å². The number of rotatable bonds is 2. The van der Waals surface area contributed by atoms with Crippen molar-refractivity contribution < 1.29 is 0 Å². The highest BCUT2D eigenvalue weighted by molar-refractivity contribution is 6.30. The molecule has 1 aromatic heterocycles. The molecule has 0 amide bonds. The zero-order chi connectivity index (χ0) is 12.3. The van der Waals surface area contributed by atoms with E-state index in [-0.39, 0.29) is 11.4 Å². The predicted octanol–water partition coefficient (Wildman–Crippen LogP) is 2.33. The van der Waals surface area contributed by atoms with Crippen LogP contribution in [-0.4, -0.2) is 9.55 Å². The number of hydrogen-bond donors (Lipinski definition) is 0. The Hall–Kier alpha value is -2.30. The van der Waals surface area contributed by atoms with Crippen molar-refractivity contribution in [3.05, 3.63) is 52.6 Å². The number of benzene rings is 1. The van der Waals surface area contributed by atoms with Crippen LogP contribution in [0.2, 0.25) is 5.02 Å². The topological polar surface area (TPSA) is 65.4 Å². The van der Waals surface area contributed by atoms with Crippen LogP contribution in [0.25, 0.3) is 0 Å². The molecular weight excluding hydrogens is 236 g/mol. The molecule has 82 valence electrons. The summed E-state index contributed by atoms with van der Waals surface area (Å²) >= 11 is 5.79. The molecule has 2 aromatic rings. The molecule has 2 rings (SSSR count). The van der Waals surface area contributed by atoms with E-state index in [1.165, 1.54) is 6.33 Å². The van der Waals surface area contributed by atoms with Crippen LogP contribution in [-0.2, 0) is 6.54 Å². The van der Waals surface area contributed by atoms with Crippen LogP contribution in [0.4, 0.5) is 0 Å². The maximum Gasteiger partial charge on any atom is 0.176 e. The zero-order valence-corrected chi connectivity index (χ0v) is 9.52. The number of halogens is 1. The molecular formula is C12H7ClN4. The van der Waals surface area contributed by atoms with Crippen molar-refractivity contribution in [2.75, 3.05) is 0 Å². The van der Waals surface area contributed by atoms with Gasteiger partial charge in [-0.15, -0.1) is 0 Å². The van der Waals surface area contributed by atoms with E-state index < -0.39 is 0 Å². The molecule has 0 fully saturated rings. The van der Waals surface area contributed by atoms with Crippen molar-refractivity contribution in [2.45, 2.75) is 6.54 Å². The second-order valence-electron chi connectivity index (χ2n) is 3.42. The lowest BCUT2D eigenvalue weighted by Crippen LogP contribution is -2.01. The third kappa shape index (κ3) is 2.28. The summed E-state index contributed by atoms with van der Waals surface area (Å²) in [6, 6.07) is 11.2. The monoisotopic (exact) mass is 242 g/mol. The molecule has 1 heterocycles. The molecule has 0 atom stereocenters. The third-order valence-corrected chi connectivity index (χ3v) is 2.57. The number of nitriles is 2. The molecule has 0 aliphatic rings. The summed E-state index contributed by atoms with van der Waals surface area (Å²) in [5.41, 5.74) is 1.43. The van der Waals surface area contributed by atoms with E-state index in [0.717, 1.165) is 5.56 Å². The summed E-state index contributed by atoms with van der Waals surface area (Å²) in [4.78, 5) is 3.87. The molecule has 0 radical (unpaired) electrons. The predicted molar refractivity (Wildman–Crippen MR) is 62.2 cm³/mol. The van der Waals surface area contributed by atoms with Gasteiger partial charge in [0, 0.05) is 11.6 Å². The molecule has 0 aliphatic carbocycles. The SMILES string of the molecule is N#Cc1ncn(Cc2ccc(Cl)cc2)c1C#N. The highest BCUT2D eigenvalue weighted by Gasteiger charge is 2.09. The molecule has 0 unspecified atom stereocenters. The van der Waals surface area contributed by atoms with E-state index in [2.05, 4.69) is 4.98 Å². The van der Waals surface area contributed by atoms with Crippen molar-refractivity contribution in [1.82, 2.24) is 9.55 Å². The average Bonchev–Trinajstić information content (AvgIpc) is 2.74. The van der Waals surface area contributed by atoms with Gasteiger partial charge in [0.05, 0.1) is 6.33 Å². The normalized spacial score (nSPS) is 9.59. The van der Waals surface area contributed by atoms with Gasteiger partial charge >= 0.3 is 0 Å². The minimum atomic E-state index is 0.154. The van der Waals surface area contributed by atoms with Crippen LogP contribution in [0.5, 0.6) is 0 Å². The maximum absolute atomic E-state index is 8.96. The number of aromatic nitrogens is 2. The van der Waals surface area contributed by atoms with Crippen molar-refractivity contribution in [2.24, 2.45) is 0 Å². The molecule has 0 spiro atoms. The Morgan fingerprint density at radius 3 is 2.47 bits per heavy atom. The van der Waals surface area contributed by atoms with Gasteiger partial charge in [0.2, 0.25) is 0 Å². The van der Waals surface area contributed by atoms with Gasteiger partial charge in [-0.05, 0) is 17.7 Å². The van der Waals surface area contributed by atoms with E-state index in [9.17, 15) is 0 Å². The van der Waals surface area contributed by atoms with Gasteiger partial charge in [-0.3, -0.25) is 0 Å². The lowest BCUT2D eigenvalue weighted by molar-refractivity contribution is 0.785. The van der Waals surface area contributed by atoms with Gasteiger partial charge in [-0.1, -0.05) is 23.7 Å². The highest BCUT2D eigenvalue weighted by atomic mass is 35.5. The lowest BCUT2D eigenvalue weighted by Gasteiger charge is -2.03. The van der Waals surface area contributed by atoms with Crippen LogP contribution < -0.4 is 0 Å². The molecule has 5 heteroatoms. The second kappa shape index (κ2) is 4.69. The fraction of sp³-hybridized carbons (Fsp3) is 0.0833. The summed E-state index contributed by atoms with van der Waals surface area (Å²) in [7, 11) is 0. The Bertz CT molecular complexity index is 613. The van der Waals surface area contributed by atoms with Gasteiger partial charge in [-0.2, -0.15) is 10.5 Å². The molecule has 0 N–H and O–H groups in total. The molecule has 0 saturated heterocycles. The first-order valence-corrected chi connectivity index (χ1v) is 5.22. The Kier molecular flexibility index (Phi) is 3.09. The number of imidazole rings is 1. The molecule has 4 nitrogen and oxygen atoms in total.